The quantitative estimate of drug-likeness (QED) is 0.477. The Morgan fingerprint density at radius 1 is 1.50 bits per heavy atom. The van der Waals surface area contributed by atoms with Crippen molar-refractivity contribution < 1.29 is 5.11 Å². The smallest absolute Gasteiger partial charge is 0.114 e. The first kappa shape index (κ1) is 7.69. The monoisotopic (exact) mass is 170 g/mol. The van der Waals surface area contributed by atoms with E-state index in [1.165, 1.54) is 4.90 Å². The number of phenols is 1. The number of hydrogen-bond donors (Lipinski definition) is 1. The van der Waals surface area contributed by atoms with Crippen molar-refractivity contribution in [2.45, 2.75) is 4.90 Å². The van der Waals surface area contributed by atoms with Crippen LogP contribution in [0.4, 0.5) is 0 Å². The summed E-state index contributed by atoms with van der Waals surface area (Å²) in [6, 6.07) is 5.65. The molecule has 0 atom stereocenters. The Morgan fingerprint density at radius 2 is 2.20 bits per heavy atom. The molecule has 0 heterocycles. The predicted molar refractivity (Wildman–Crippen MR) is 49.5 cm³/mol. The molecule has 1 aromatic carbocycles. The van der Waals surface area contributed by atoms with E-state index in [1.807, 2.05) is 18.4 Å². The summed E-state index contributed by atoms with van der Waals surface area (Å²) >= 11 is 1.68. The lowest BCUT2D eigenvalue weighted by atomic mass is 10.3. The zero-order chi connectivity index (χ0) is 7.56. The van der Waals surface area contributed by atoms with Gasteiger partial charge in [-0.05, 0) is 23.6 Å². The minimum absolute atomic E-state index is 0.443. The van der Waals surface area contributed by atoms with Crippen LogP contribution in [0, 0.1) is 0 Å². The summed E-state index contributed by atoms with van der Waals surface area (Å²) < 4.78 is 0. The first-order valence-electron chi connectivity index (χ1n) is 3.08. The van der Waals surface area contributed by atoms with E-state index < -0.39 is 0 Å². The van der Waals surface area contributed by atoms with Gasteiger partial charge in [-0.15, -0.1) is 11.8 Å². The molecule has 0 aliphatic carbocycles. The molecule has 1 N–H and O–H groups in total. The van der Waals surface area contributed by atoms with Crippen LogP contribution in [0.3, 0.4) is 0 Å². The highest BCUT2D eigenvalue weighted by Gasteiger charge is 1.98. The van der Waals surface area contributed by atoms with Crippen molar-refractivity contribution in [1.29, 1.82) is 0 Å². The molecule has 0 fully saturated rings. The van der Waals surface area contributed by atoms with Crippen LogP contribution in [-0.2, 0) is 0 Å². The highest BCUT2D eigenvalue weighted by atomic mass is 32.2. The van der Waals surface area contributed by atoms with Gasteiger partial charge in [-0.25, -0.2) is 0 Å². The Morgan fingerprint density at radius 3 is 2.70 bits per heavy atom. The second-order valence-electron chi connectivity index (χ2n) is 2.10. The lowest BCUT2D eigenvalue weighted by Crippen LogP contribution is -2.05. The number of thioether (sulfide) groups is 1. The second kappa shape index (κ2) is 3.12. The minimum atomic E-state index is 0.443. The Hall–Kier alpha value is -0.413. The number of rotatable bonds is 1. The van der Waals surface area contributed by atoms with Crippen LogP contribution < -0.4 is 5.19 Å². The average molecular weight is 170 g/mol. The van der Waals surface area contributed by atoms with Gasteiger partial charge in [0.1, 0.15) is 5.75 Å². The maximum Gasteiger partial charge on any atom is 0.114 e. The molecule has 1 aromatic rings. The number of benzene rings is 1. The van der Waals surface area contributed by atoms with Crippen molar-refractivity contribution in [3.63, 3.8) is 0 Å². The molecule has 0 spiro atoms. The van der Waals surface area contributed by atoms with Crippen molar-refractivity contribution in [3.05, 3.63) is 18.2 Å². The zero-order valence-electron chi connectivity index (χ0n) is 6.09. The van der Waals surface area contributed by atoms with E-state index in [4.69, 9.17) is 0 Å². The molecule has 1 nitrogen and oxygen atoms in total. The Bertz CT molecular complexity index is 237. The standard InChI is InChI=1S/C7H10OSSi/c1-9-6-4-2-3-5(8)7(6)10/h2-4,8H,1,10H3. The minimum Gasteiger partial charge on any atom is -0.508 e. The van der Waals surface area contributed by atoms with Gasteiger partial charge in [0, 0.05) is 15.1 Å². The van der Waals surface area contributed by atoms with Crippen molar-refractivity contribution in [2.24, 2.45) is 0 Å². The summed E-state index contributed by atoms with van der Waals surface area (Å²) in [5.41, 5.74) is 0. The maximum atomic E-state index is 9.25. The van der Waals surface area contributed by atoms with E-state index in [1.54, 1.807) is 17.8 Å². The Labute approximate surface area is 67.9 Å². The number of phenolic OH excluding ortho intramolecular Hbond substituents is 1. The summed E-state index contributed by atoms with van der Waals surface area (Å²) in [7, 11) is 0.917. The van der Waals surface area contributed by atoms with Crippen molar-refractivity contribution in [1.82, 2.24) is 0 Å². The van der Waals surface area contributed by atoms with Crippen LogP contribution in [0.15, 0.2) is 23.1 Å². The molecule has 0 aromatic heterocycles. The summed E-state index contributed by atoms with van der Waals surface area (Å²) in [4.78, 5) is 1.20. The molecule has 0 aliphatic heterocycles. The van der Waals surface area contributed by atoms with E-state index in [-0.39, 0.29) is 0 Å². The first-order valence-corrected chi connectivity index (χ1v) is 5.30. The van der Waals surface area contributed by atoms with Gasteiger partial charge in [-0.3, -0.25) is 0 Å². The van der Waals surface area contributed by atoms with Gasteiger partial charge in [0.25, 0.3) is 0 Å². The van der Waals surface area contributed by atoms with Crippen molar-refractivity contribution in [2.75, 3.05) is 6.26 Å². The molecule has 0 aliphatic rings. The summed E-state index contributed by atoms with van der Waals surface area (Å²) in [5, 5.41) is 10.4. The molecule has 0 saturated carbocycles. The van der Waals surface area contributed by atoms with Crippen LogP contribution >= 0.6 is 11.8 Å². The third-order valence-electron chi connectivity index (χ3n) is 1.48. The Kier molecular flexibility index (Phi) is 2.40. The topological polar surface area (TPSA) is 20.2 Å². The van der Waals surface area contributed by atoms with Crippen LogP contribution in [0.25, 0.3) is 0 Å². The molecule has 3 heteroatoms. The predicted octanol–water partition coefficient (Wildman–Crippen LogP) is 0.105. The van der Waals surface area contributed by atoms with Gasteiger partial charge >= 0.3 is 0 Å². The third-order valence-corrected chi connectivity index (χ3v) is 3.77. The largest absolute Gasteiger partial charge is 0.508 e. The number of aromatic hydroxyl groups is 1. The summed E-state index contributed by atoms with van der Waals surface area (Å²) in [5.74, 6) is 0.443. The lowest BCUT2D eigenvalue weighted by Gasteiger charge is -2.02. The molecular formula is C7H10OSSi. The molecule has 0 radical (unpaired) electrons. The van der Waals surface area contributed by atoms with Gasteiger partial charge in [-0.1, -0.05) is 6.07 Å². The third kappa shape index (κ3) is 1.35. The molecule has 0 unspecified atom stereocenters. The summed E-state index contributed by atoms with van der Waals surface area (Å²) in [6.07, 6.45) is 2.02. The molecule has 0 saturated heterocycles. The molecule has 1 rings (SSSR count). The molecule has 0 bridgehead atoms. The van der Waals surface area contributed by atoms with Gasteiger partial charge in [0.2, 0.25) is 0 Å². The SMILES string of the molecule is CSc1cccc(O)c1[SiH3]. The number of hydrogen-bond acceptors (Lipinski definition) is 2. The van der Waals surface area contributed by atoms with Crippen LogP contribution in [-0.4, -0.2) is 21.6 Å². The maximum absolute atomic E-state index is 9.25. The van der Waals surface area contributed by atoms with Gasteiger partial charge in [-0.2, -0.15) is 0 Å². The normalized spacial score (nSPS) is 10.1. The molecular weight excluding hydrogens is 160 g/mol. The van der Waals surface area contributed by atoms with Crippen LogP contribution in [0.5, 0.6) is 5.75 Å². The second-order valence-corrected chi connectivity index (χ2v) is 3.95. The average Bonchev–Trinajstić information content (AvgIpc) is 1.95. The van der Waals surface area contributed by atoms with Crippen LogP contribution in [0.2, 0.25) is 0 Å². The van der Waals surface area contributed by atoms with Gasteiger partial charge in [0.15, 0.2) is 0 Å². The van der Waals surface area contributed by atoms with Crippen LogP contribution in [0.1, 0.15) is 0 Å². The summed E-state index contributed by atoms with van der Waals surface area (Å²) in [6.45, 7) is 0. The van der Waals surface area contributed by atoms with Gasteiger partial charge < -0.3 is 5.11 Å². The molecule has 0 amide bonds. The molecule has 54 valence electrons. The van der Waals surface area contributed by atoms with Crippen molar-refractivity contribution >= 4 is 27.2 Å². The fraction of sp³-hybridized carbons (Fsp3) is 0.143. The van der Waals surface area contributed by atoms with E-state index in [2.05, 4.69) is 0 Å². The highest BCUT2D eigenvalue weighted by Crippen LogP contribution is 2.15. The molecule has 10 heavy (non-hydrogen) atoms. The fourth-order valence-corrected chi connectivity index (χ4v) is 2.40. The van der Waals surface area contributed by atoms with Gasteiger partial charge in [0.05, 0.1) is 0 Å². The Balaban J connectivity index is 3.14. The lowest BCUT2D eigenvalue weighted by molar-refractivity contribution is 0.478. The van der Waals surface area contributed by atoms with E-state index >= 15 is 0 Å². The van der Waals surface area contributed by atoms with E-state index in [0.717, 1.165) is 15.4 Å². The zero-order valence-corrected chi connectivity index (χ0v) is 8.90. The fourth-order valence-electron chi connectivity index (χ4n) is 0.824. The van der Waals surface area contributed by atoms with Crippen molar-refractivity contribution in [3.8, 4) is 5.75 Å². The van der Waals surface area contributed by atoms with E-state index in [0.29, 0.717) is 5.75 Å². The first-order chi connectivity index (χ1) is 4.75. The van der Waals surface area contributed by atoms with E-state index in [9.17, 15) is 5.11 Å². The highest BCUT2D eigenvalue weighted by molar-refractivity contribution is 7.98.